The number of carbonyl (C=O) groups is 1. The summed E-state index contributed by atoms with van der Waals surface area (Å²) in [5.41, 5.74) is 1.65. The van der Waals surface area contributed by atoms with Crippen LogP contribution in [0, 0.1) is 0 Å². The summed E-state index contributed by atoms with van der Waals surface area (Å²) in [5.74, 6) is 1.64. The van der Waals surface area contributed by atoms with Gasteiger partial charge in [0.25, 0.3) is 5.56 Å². The predicted molar refractivity (Wildman–Crippen MR) is 117 cm³/mol. The molecule has 0 aliphatic heterocycles. The first kappa shape index (κ1) is 18.8. The van der Waals surface area contributed by atoms with Crippen LogP contribution in [0.15, 0.2) is 41.3 Å². The number of thioether (sulfide) groups is 1. The Labute approximate surface area is 169 Å². The molecule has 1 amide bonds. The highest BCUT2D eigenvalue weighted by molar-refractivity contribution is 7.99. The zero-order chi connectivity index (χ0) is 19.7. The molecule has 4 aromatic rings. The normalized spacial score (nSPS) is 11.5. The van der Waals surface area contributed by atoms with E-state index >= 15 is 0 Å². The number of nitrogens with one attached hydrogen (secondary N) is 3. The van der Waals surface area contributed by atoms with Crippen molar-refractivity contribution in [3.63, 3.8) is 0 Å². The van der Waals surface area contributed by atoms with E-state index < -0.39 is 0 Å². The Morgan fingerprint density at radius 2 is 2.14 bits per heavy atom. The average Bonchev–Trinajstić information content (AvgIpc) is 3.29. The molecule has 1 aromatic carbocycles. The number of carbonyl (C=O) groups excluding carboxylic acids is 1. The number of amides is 1. The van der Waals surface area contributed by atoms with Gasteiger partial charge in [-0.25, -0.2) is 4.98 Å². The number of hydrogen-bond donors (Lipinski definition) is 3. The van der Waals surface area contributed by atoms with Gasteiger partial charge >= 0.3 is 0 Å². The third kappa shape index (κ3) is 3.83. The molecule has 144 valence electrons. The highest BCUT2D eigenvalue weighted by Crippen LogP contribution is 2.28. The van der Waals surface area contributed by atoms with Gasteiger partial charge in [-0.1, -0.05) is 19.9 Å². The molecule has 28 heavy (non-hydrogen) atoms. The number of aromatic nitrogens is 3. The van der Waals surface area contributed by atoms with E-state index in [0.29, 0.717) is 22.9 Å². The second-order valence-electron chi connectivity index (χ2n) is 6.82. The van der Waals surface area contributed by atoms with Gasteiger partial charge in [-0.3, -0.25) is 9.59 Å². The van der Waals surface area contributed by atoms with Crippen molar-refractivity contribution in [3.05, 3.63) is 57.6 Å². The number of nitrogens with zero attached hydrogens (tertiary/aromatic N) is 1. The van der Waals surface area contributed by atoms with Crippen LogP contribution in [-0.2, 0) is 10.5 Å². The van der Waals surface area contributed by atoms with Crippen LogP contribution in [0.25, 0.3) is 21.1 Å². The second-order valence-corrected chi connectivity index (χ2v) is 8.87. The lowest BCUT2D eigenvalue weighted by Gasteiger charge is -2.06. The van der Waals surface area contributed by atoms with Gasteiger partial charge in [0, 0.05) is 22.0 Å². The third-order valence-electron chi connectivity index (χ3n) is 4.38. The topological polar surface area (TPSA) is 90.6 Å². The molecule has 3 heterocycles. The van der Waals surface area contributed by atoms with E-state index in [2.05, 4.69) is 34.1 Å². The molecule has 0 fully saturated rings. The number of thiophene rings is 1. The number of fused-ring (bicyclic) bond motifs is 2. The van der Waals surface area contributed by atoms with Crippen LogP contribution >= 0.6 is 23.1 Å². The quantitative estimate of drug-likeness (QED) is 0.436. The first-order valence-corrected chi connectivity index (χ1v) is 10.9. The van der Waals surface area contributed by atoms with Gasteiger partial charge < -0.3 is 15.3 Å². The summed E-state index contributed by atoms with van der Waals surface area (Å²) >= 11 is 2.98. The van der Waals surface area contributed by atoms with Crippen LogP contribution in [0.3, 0.4) is 0 Å². The minimum atomic E-state index is -0.118. The first-order chi connectivity index (χ1) is 13.5. The molecule has 0 aliphatic carbocycles. The molecule has 0 atom stereocenters. The summed E-state index contributed by atoms with van der Waals surface area (Å²) in [5, 5.41) is 4.57. The van der Waals surface area contributed by atoms with Crippen LogP contribution < -0.4 is 10.9 Å². The third-order valence-corrected chi connectivity index (χ3v) is 6.65. The van der Waals surface area contributed by atoms with Crippen molar-refractivity contribution < 1.29 is 4.79 Å². The van der Waals surface area contributed by atoms with E-state index in [9.17, 15) is 9.59 Å². The summed E-state index contributed by atoms with van der Waals surface area (Å²) in [6.07, 6.45) is 1.85. The zero-order valence-corrected chi connectivity index (χ0v) is 17.2. The molecular formula is C20H20N4O2S2. The monoisotopic (exact) mass is 412 g/mol. The van der Waals surface area contributed by atoms with Crippen molar-refractivity contribution >= 4 is 55.8 Å². The lowest BCUT2D eigenvalue weighted by Crippen LogP contribution is -2.15. The fourth-order valence-corrected chi connectivity index (χ4v) is 4.71. The highest BCUT2D eigenvalue weighted by atomic mass is 32.2. The SMILES string of the molecule is CC(C)c1cc2c(=O)[nH]c(CSCC(=O)Nc3cccc4[nH]ccc34)nc2s1. The maximum Gasteiger partial charge on any atom is 0.259 e. The van der Waals surface area contributed by atoms with Gasteiger partial charge in [0.2, 0.25) is 5.91 Å². The number of anilines is 1. The summed E-state index contributed by atoms with van der Waals surface area (Å²) < 4.78 is 0. The largest absolute Gasteiger partial charge is 0.361 e. The van der Waals surface area contributed by atoms with Crippen molar-refractivity contribution in [1.82, 2.24) is 15.0 Å². The maximum absolute atomic E-state index is 12.3. The molecule has 0 unspecified atom stereocenters. The molecule has 6 nitrogen and oxygen atoms in total. The van der Waals surface area contributed by atoms with Gasteiger partial charge in [0.1, 0.15) is 10.7 Å². The van der Waals surface area contributed by atoms with E-state index in [1.807, 2.05) is 36.5 Å². The van der Waals surface area contributed by atoms with Crippen LogP contribution in [-0.4, -0.2) is 26.6 Å². The molecule has 0 saturated heterocycles. The summed E-state index contributed by atoms with van der Waals surface area (Å²) in [6, 6.07) is 9.61. The number of H-pyrrole nitrogens is 2. The minimum Gasteiger partial charge on any atom is -0.361 e. The molecule has 0 bridgehead atoms. The van der Waals surface area contributed by atoms with E-state index in [4.69, 9.17) is 0 Å². The maximum atomic E-state index is 12.3. The fourth-order valence-electron chi connectivity index (χ4n) is 2.97. The van der Waals surface area contributed by atoms with Crippen molar-refractivity contribution in [1.29, 1.82) is 0 Å². The minimum absolute atomic E-state index is 0.0830. The highest BCUT2D eigenvalue weighted by Gasteiger charge is 2.12. The van der Waals surface area contributed by atoms with Crippen molar-refractivity contribution in [2.24, 2.45) is 0 Å². The summed E-state index contributed by atoms with van der Waals surface area (Å²) in [4.78, 5) is 37.0. The first-order valence-electron chi connectivity index (χ1n) is 8.97. The Morgan fingerprint density at radius 1 is 1.29 bits per heavy atom. The van der Waals surface area contributed by atoms with Crippen LogP contribution in [0.1, 0.15) is 30.5 Å². The number of benzene rings is 1. The number of aromatic amines is 2. The molecule has 0 radical (unpaired) electrons. The summed E-state index contributed by atoms with van der Waals surface area (Å²) in [6.45, 7) is 4.20. The molecule has 3 N–H and O–H groups in total. The lowest BCUT2D eigenvalue weighted by atomic mass is 10.2. The average molecular weight is 413 g/mol. The Bertz CT molecular complexity index is 1210. The molecule has 4 rings (SSSR count). The van der Waals surface area contributed by atoms with Crippen LogP contribution in [0.2, 0.25) is 0 Å². The molecule has 0 spiro atoms. The predicted octanol–water partition coefficient (Wildman–Crippen LogP) is 4.46. The second kappa shape index (κ2) is 7.81. The van der Waals surface area contributed by atoms with Crippen molar-refractivity contribution in [2.45, 2.75) is 25.5 Å². The van der Waals surface area contributed by atoms with E-state index in [0.717, 1.165) is 26.3 Å². The Hall–Kier alpha value is -2.58. The van der Waals surface area contributed by atoms with Gasteiger partial charge in [0.05, 0.1) is 22.6 Å². The van der Waals surface area contributed by atoms with Crippen LogP contribution in [0.4, 0.5) is 5.69 Å². The van der Waals surface area contributed by atoms with Gasteiger partial charge in [-0.05, 0) is 30.2 Å². The standard InChI is InChI=1S/C20H20N4O2S2/c1-11(2)16-8-13-19(26)23-17(24-20(13)28-16)9-27-10-18(25)22-15-5-3-4-14-12(15)6-7-21-14/h3-8,11,21H,9-10H2,1-2H3,(H,22,25)(H,23,24,26). The molecular weight excluding hydrogens is 392 g/mol. The van der Waals surface area contributed by atoms with E-state index in [-0.39, 0.29) is 17.2 Å². The lowest BCUT2D eigenvalue weighted by molar-refractivity contribution is -0.113. The molecule has 8 heteroatoms. The number of hydrogen-bond acceptors (Lipinski definition) is 5. The Balaban J connectivity index is 1.40. The van der Waals surface area contributed by atoms with Gasteiger partial charge in [-0.2, -0.15) is 0 Å². The molecule has 0 saturated carbocycles. The van der Waals surface area contributed by atoms with Crippen molar-refractivity contribution in [3.8, 4) is 0 Å². The fraction of sp³-hybridized carbons (Fsp3) is 0.250. The molecule has 3 aromatic heterocycles. The molecule has 0 aliphatic rings. The van der Waals surface area contributed by atoms with Gasteiger partial charge in [0.15, 0.2) is 0 Å². The Morgan fingerprint density at radius 3 is 2.96 bits per heavy atom. The van der Waals surface area contributed by atoms with E-state index in [1.165, 1.54) is 11.8 Å². The smallest absolute Gasteiger partial charge is 0.259 e. The van der Waals surface area contributed by atoms with Crippen molar-refractivity contribution in [2.75, 3.05) is 11.1 Å². The Kier molecular flexibility index (Phi) is 5.23. The van der Waals surface area contributed by atoms with Gasteiger partial charge in [-0.15, -0.1) is 23.1 Å². The van der Waals surface area contributed by atoms with E-state index in [1.54, 1.807) is 11.3 Å². The number of rotatable bonds is 6. The van der Waals surface area contributed by atoms with Crippen LogP contribution in [0.5, 0.6) is 0 Å². The summed E-state index contributed by atoms with van der Waals surface area (Å²) in [7, 11) is 0. The zero-order valence-electron chi connectivity index (χ0n) is 15.5.